The number of carbonyl (C=O) groups excluding carboxylic acids is 1. The zero-order valence-corrected chi connectivity index (χ0v) is 15.8. The van der Waals surface area contributed by atoms with Gasteiger partial charge in [-0.1, -0.05) is 26.0 Å². The van der Waals surface area contributed by atoms with Crippen molar-refractivity contribution in [1.29, 1.82) is 0 Å². The normalized spacial score (nSPS) is 28.0. The molecule has 1 saturated heterocycles. The van der Waals surface area contributed by atoms with Gasteiger partial charge in [0.1, 0.15) is 5.82 Å². The van der Waals surface area contributed by atoms with Gasteiger partial charge in [0.25, 0.3) is 0 Å². The van der Waals surface area contributed by atoms with E-state index in [9.17, 15) is 9.18 Å². The Bertz CT molecular complexity index is 941. The van der Waals surface area contributed by atoms with Crippen molar-refractivity contribution in [3.63, 3.8) is 0 Å². The maximum Gasteiger partial charge on any atom is 0.222 e. The first-order chi connectivity index (χ1) is 12.9. The molecular formula is C22H24FN3O. The fraction of sp³-hybridized carbons (Fsp3) is 0.500. The lowest BCUT2D eigenvalue weighted by Crippen LogP contribution is -2.46. The summed E-state index contributed by atoms with van der Waals surface area (Å²) in [5, 5.41) is 9.05. The standard InChI is InChI=1S/C22H24FN3O/c1-21(2)16-9-10-22(21,13-26-11-5-8-19(26)27)20-15(16)12-18(24-25-20)14-6-3-4-7-17(14)23/h3-4,6-7,12,16H,5,8-11,13H2,1-2H3/t16-,22-/m1/s1. The lowest BCUT2D eigenvalue weighted by atomic mass is 9.68. The minimum absolute atomic E-state index is 0.0146. The van der Waals surface area contributed by atoms with Gasteiger partial charge in [0.15, 0.2) is 0 Å². The predicted octanol–water partition coefficient (Wildman–Crippen LogP) is 4.06. The Morgan fingerprint density at radius 1 is 1.26 bits per heavy atom. The van der Waals surface area contributed by atoms with E-state index in [0.717, 1.165) is 38.0 Å². The third-order valence-electron chi connectivity index (χ3n) is 7.40. The summed E-state index contributed by atoms with van der Waals surface area (Å²) in [5.74, 6) is 0.366. The molecule has 0 unspecified atom stereocenters. The summed E-state index contributed by atoms with van der Waals surface area (Å²) in [6, 6.07) is 8.76. The van der Waals surface area contributed by atoms with E-state index >= 15 is 0 Å². The molecule has 27 heavy (non-hydrogen) atoms. The van der Waals surface area contributed by atoms with Crippen LogP contribution in [0.1, 0.15) is 56.7 Å². The first-order valence-corrected chi connectivity index (χ1v) is 9.85. The highest BCUT2D eigenvalue weighted by Gasteiger charge is 2.64. The largest absolute Gasteiger partial charge is 0.342 e. The SMILES string of the molecule is CC1(C)[C@@H]2CC[C@@]1(CN1CCCC1=O)c1nnc(-c3ccccc3F)cc12. The average molecular weight is 365 g/mol. The first-order valence-electron chi connectivity index (χ1n) is 9.85. The summed E-state index contributed by atoms with van der Waals surface area (Å²) in [7, 11) is 0. The lowest BCUT2D eigenvalue weighted by molar-refractivity contribution is -0.128. The molecule has 1 amide bonds. The smallest absolute Gasteiger partial charge is 0.222 e. The quantitative estimate of drug-likeness (QED) is 0.824. The van der Waals surface area contributed by atoms with E-state index in [2.05, 4.69) is 24.0 Å². The van der Waals surface area contributed by atoms with Crippen LogP contribution in [0.5, 0.6) is 0 Å². The van der Waals surface area contributed by atoms with Crippen LogP contribution in [-0.2, 0) is 10.2 Å². The molecule has 5 heteroatoms. The van der Waals surface area contributed by atoms with E-state index in [4.69, 9.17) is 0 Å². The van der Waals surface area contributed by atoms with Crippen LogP contribution >= 0.6 is 0 Å². The zero-order chi connectivity index (χ0) is 18.8. The molecule has 2 fully saturated rings. The molecule has 2 aromatic rings. The number of rotatable bonds is 3. The van der Waals surface area contributed by atoms with Gasteiger partial charge in [-0.2, -0.15) is 10.2 Å². The molecule has 2 aliphatic carbocycles. The van der Waals surface area contributed by atoms with Crippen molar-refractivity contribution in [2.75, 3.05) is 13.1 Å². The lowest BCUT2D eigenvalue weighted by Gasteiger charge is -2.40. The van der Waals surface area contributed by atoms with E-state index in [1.165, 1.54) is 11.6 Å². The van der Waals surface area contributed by atoms with Crippen molar-refractivity contribution in [3.05, 3.63) is 47.4 Å². The number of amides is 1. The van der Waals surface area contributed by atoms with Gasteiger partial charge >= 0.3 is 0 Å². The van der Waals surface area contributed by atoms with Gasteiger partial charge < -0.3 is 4.90 Å². The average Bonchev–Trinajstić information content (AvgIpc) is 3.22. The van der Waals surface area contributed by atoms with Crippen molar-refractivity contribution in [3.8, 4) is 11.3 Å². The maximum atomic E-state index is 14.2. The van der Waals surface area contributed by atoms with Crippen LogP contribution in [0.25, 0.3) is 11.3 Å². The number of hydrogen-bond donors (Lipinski definition) is 0. The van der Waals surface area contributed by atoms with E-state index < -0.39 is 0 Å². The highest BCUT2D eigenvalue weighted by molar-refractivity contribution is 5.78. The minimum atomic E-state index is -0.272. The Morgan fingerprint density at radius 2 is 2.07 bits per heavy atom. The van der Waals surface area contributed by atoms with Gasteiger partial charge in [0.05, 0.1) is 11.4 Å². The molecule has 4 nitrogen and oxygen atoms in total. The van der Waals surface area contributed by atoms with Gasteiger partial charge in [-0.05, 0) is 54.4 Å². The highest BCUT2D eigenvalue weighted by Crippen LogP contribution is 2.67. The second-order valence-corrected chi connectivity index (χ2v) is 8.83. The molecule has 2 bridgehead atoms. The van der Waals surface area contributed by atoms with Crippen LogP contribution in [0.3, 0.4) is 0 Å². The fourth-order valence-corrected chi connectivity index (χ4v) is 5.77. The number of nitrogens with zero attached hydrogens (tertiary/aromatic N) is 3. The monoisotopic (exact) mass is 365 g/mol. The Hall–Kier alpha value is -2.30. The van der Waals surface area contributed by atoms with Crippen LogP contribution in [0.15, 0.2) is 30.3 Å². The Kier molecular flexibility index (Phi) is 3.49. The molecular weight excluding hydrogens is 341 g/mol. The predicted molar refractivity (Wildman–Crippen MR) is 101 cm³/mol. The minimum Gasteiger partial charge on any atom is -0.342 e. The Labute approximate surface area is 158 Å². The van der Waals surface area contributed by atoms with Gasteiger partial charge in [0, 0.05) is 30.5 Å². The molecule has 1 aromatic carbocycles. The first kappa shape index (κ1) is 16.8. The molecule has 1 saturated carbocycles. The van der Waals surface area contributed by atoms with E-state index in [1.807, 2.05) is 17.0 Å². The van der Waals surface area contributed by atoms with Crippen LogP contribution in [0.2, 0.25) is 0 Å². The number of hydrogen-bond acceptors (Lipinski definition) is 3. The van der Waals surface area contributed by atoms with Crippen molar-refractivity contribution in [2.45, 2.75) is 50.9 Å². The number of fused-ring (bicyclic) bond motifs is 5. The molecule has 5 rings (SSSR count). The number of benzene rings is 1. The molecule has 140 valence electrons. The number of aromatic nitrogens is 2. The van der Waals surface area contributed by atoms with Gasteiger partial charge in [-0.25, -0.2) is 4.39 Å². The topological polar surface area (TPSA) is 46.1 Å². The summed E-state index contributed by atoms with van der Waals surface area (Å²) < 4.78 is 14.2. The number of carbonyl (C=O) groups is 1. The molecule has 0 radical (unpaired) electrons. The highest BCUT2D eigenvalue weighted by atomic mass is 19.1. The van der Waals surface area contributed by atoms with Crippen LogP contribution in [-0.4, -0.2) is 34.1 Å². The summed E-state index contributed by atoms with van der Waals surface area (Å²) >= 11 is 0. The summed E-state index contributed by atoms with van der Waals surface area (Å²) in [5.41, 5.74) is 3.20. The maximum absolute atomic E-state index is 14.2. The van der Waals surface area contributed by atoms with Gasteiger partial charge in [0.2, 0.25) is 5.91 Å². The Balaban J connectivity index is 1.60. The molecule has 1 aliphatic heterocycles. The van der Waals surface area contributed by atoms with Crippen molar-refractivity contribution < 1.29 is 9.18 Å². The molecule has 0 spiro atoms. The second-order valence-electron chi connectivity index (χ2n) is 8.83. The van der Waals surface area contributed by atoms with E-state index in [-0.39, 0.29) is 22.6 Å². The Morgan fingerprint density at radius 3 is 2.81 bits per heavy atom. The van der Waals surface area contributed by atoms with Crippen LogP contribution in [0.4, 0.5) is 4.39 Å². The fourth-order valence-electron chi connectivity index (χ4n) is 5.77. The van der Waals surface area contributed by atoms with Crippen LogP contribution in [0, 0.1) is 11.2 Å². The molecule has 2 heterocycles. The number of halogens is 1. The third-order valence-corrected chi connectivity index (χ3v) is 7.40. The van der Waals surface area contributed by atoms with Crippen LogP contribution < -0.4 is 0 Å². The van der Waals surface area contributed by atoms with E-state index in [0.29, 0.717) is 23.6 Å². The van der Waals surface area contributed by atoms with Gasteiger partial charge in [-0.15, -0.1) is 0 Å². The summed E-state index contributed by atoms with van der Waals surface area (Å²) in [6.07, 6.45) is 3.73. The van der Waals surface area contributed by atoms with Crippen molar-refractivity contribution in [1.82, 2.24) is 15.1 Å². The zero-order valence-electron chi connectivity index (χ0n) is 15.8. The molecule has 1 aromatic heterocycles. The van der Waals surface area contributed by atoms with E-state index in [1.54, 1.807) is 12.1 Å². The molecule has 2 atom stereocenters. The second kappa shape index (κ2) is 5.60. The summed E-state index contributed by atoms with van der Waals surface area (Å²) in [4.78, 5) is 14.3. The molecule has 0 N–H and O–H groups in total. The van der Waals surface area contributed by atoms with Crippen molar-refractivity contribution >= 4 is 5.91 Å². The molecule has 3 aliphatic rings. The number of likely N-dealkylation sites (tertiary alicyclic amines) is 1. The summed E-state index contributed by atoms with van der Waals surface area (Å²) in [6.45, 7) is 6.18. The van der Waals surface area contributed by atoms with Crippen molar-refractivity contribution in [2.24, 2.45) is 5.41 Å². The van der Waals surface area contributed by atoms with Gasteiger partial charge in [-0.3, -0.25) is 4.79 Å². The third kappa shape index (κ3) is 2.17.